The van der Waals surface area contributed by atoms with Gasteiger partial charge in [0.1, 0.15) is 5.82 Å². The predicted molar refractivity (Wildman–Crippen MR) is 106 cm³/mol. The van der Waals surface area contributed by atoms with Crippen molar-refractivity contribution in [3.8, 4) is 5.88 Å². The summed E-state index contributed by atoms with van der Waals surface area (Å²) in [5.41, 5.74) is 6.37. The van der Waals surface area contributed by atoms with E-state index in [1.165, 1.54) is 37.3 Å². The molecule has 0 aliphatic carbocycles. The second kappa shape index (κ2) is 8.47. The van der Waals surface area contributed by atoms with Crippen LogP contribution >= 0.6 is 11.8 Å². The molecule has 1 aromatic carbocycles. The molecule has 8 heteroatoms. The number of methoxy groups -OCH3 is 1. The Bertz CT molecular complexity index is 875. The predicted octanol–water partition coefficient (Wildman–Crippen LogP) is 3.35. The molecule has 0 spiro atoms. The monoisotopic (exact) mass is 390 g/mol. The highest BCUT2D eigenvalue weighted by molar-refractivity contribution is 8.13. The van der Waals surface area contributed by atoms with E-state index in [-0.39, 0.29) is 37.0 Å². The first kappa shape index (κ1) is 20.8. The molecule has 0 fully saturated rings. The summed E-state index contributed by atoms with van der Waals surface area (Å²) in [7, 11) is 1.43. The Morgan fingerprint density at radius 1 is 1.37 bits per heavy atom. The molecule has 1 aromatic heterocycles. The highest BCUT2D eigenvalue weighted by Crippen LogP contribution is 2.36. The summed E-state index contributed by atoms with van der Waals surface area (Å²) in [6, 6.07) is 4.64. The molecule has 1 aliphatic rings. The van der Waals surface area contributed by atoms with E-state index in [1.54, 1.807) is 12.1 Å². The van der Waals surface area contributed by atoms with Crippen LogP contribution < -0.4 is 10.5 Å². The van der Waals surface area contributed by atoms with Crippen molar-refractivity contribution in [3.05, 3.63) is 53.2 Å². The maximum Gasteiger partial charge on any atom is 0.243 e. The summed E-state index contributed by atoms with van der Waals surface area (Å²) >= 11 is 1.46. The highest BCUT2D eigenvalue weighted by Gasteiger charge is 2.32. The number of aliphatic imine (C=N–C) groups is 1. The van der Waals surface area contributed by atoms with Gasteiger partial charge in [-0.2, -0.15) is 0 Å². The van der Waals surface area contributed by atoms with Crippen molar-refractivity contribution in [1.29, 1.82) is 0 Å². The maximum absolute atomic E-state index is 14.5. The van der Waals surface area contributed by atoms with Crippen molar-refractivity contribution in [3.63, 3.8) is 0 Å². The number of ether oxygens (including phenoxy) is 1. The average Bonchev–Trinajstić information content (AvgIpc) is 2.63. The quantitative estimate of drug-likeness (QED) is 0.788. The molecule has 6 nitrogen and oxygen atoms in total. The van der Waals surface area contributed by atoms with Gasteiger partial charge < -0.3 is 10.5 Å². The Labute approximate surface area is 162 Å². The number of hydrogen-bond acceptors (Lipinski definition) is 7. The Kier molecular flexibility index (Phi) is 6.54. The molecule has 144 valence electrons. The number of nitrogens with zero attached hydrogens (tertiary/aromatic N) is 3. The number of hydrogen-bond donors (Lipinski definition) is 1. The molecule has 0 saturated heterocycles. The van der Waals surface area contributed by atoms with E-state index < -0.39 is 5.54 Å². The molecule has 2 aromatic rings. The minimum absolute atomic E-state index is 0. The number of Topliss-reactive ketones (excluding diaryl/α,β-unsaturated/α-hetero) is 1. The van der Waals surface area contributed by atoms with Gasteiger partial charge in [0, 0.05) is 30.1 Å². The van der Waals surface area contributed by atoms with E-state index >= 15 is 0 Å². The SMILES string of the molecule is C.COc1nccnc1C(=O)Cc1ccc(F)c([C@]2(C)CCSC(N)=N2)c1. The summed E-state index contributed by atoms with van der Waals surface area (Å²) in [4.78, 5) is 25.0. The van der Waals surface area contributed by atoms with Crippen LogP contribution in [0.2, 0.25) is 0 Å². The average molecular weight is 390 g/mol. The number of aromatic nitrogens is 2. The lowest BCUT2D eigenvalue weighted by molar-refractivity contribution is 0.0984. The first-order chi connectivity index (χ1) is 12.4. The second-order valence-corrected chi connectivity index (χ2v) is 7.27. The summed E-state index contributed by atoms with van der Waals surface area (Å²) < 4.78 is 19.5. The van der Waals surface area contributed by atoms with Crippen LogP contribution in [0.4, 0.5) is 4.39 Å². The Balaban J connectivity index is 0.00000261. The second-order valence-electron chi connectivity index (χ2n) is 6.15. The minimum atomic E-state index is -0.733. The lowest BCUT2D eigenvalue weighted by Crippen LogP contribution is -2.29. The van der Waals surface area contributed by atoms with Crippen molar-refractivity contribution in [1.82, 2.24) is 9.97 Å². The van der Waals surface area contributed by atoms with Crippen LogP contribution in [-0.2, 0) is 12.0 Å². The molecular formula is C19H23FN4O2S. The fourth-order valence-corrected chi connectivity index (χ4v) is 3.89. The third-order valence-corrected chi connectivity index (χ3v) is 5.09. The van der Waals surface area contributed by atoms with Gasteiger partial charge in [0.15, 0.2) is 16.6 Å². The van der Waals surface area contributed by atoms with Gasteiger partial charge in [-0.1, -0.05) is 25.3 Å². The Morgan fingerprint density at radius 2 is 2.11 bits per heavy atom. The fraction of sp³-hybridized carbons (Fsp3) is 0.368. The fourth-order valence-electron chi connectivity index (χ4n) is 2.91. The van der Waals surface area contributed by atoms with Crippen LogP contribution in [0.5, 0.6) is 5.88 Å². The van der Waals surface area contributed by atoms with Crippen LogP contribution in [0.3, 0.4) is 0 Å². The lowest BCUT2D eigenvalue weighted by atomic mass is 9.87. The maximum atomic E-state index is 14.5. The molecule has 0 saturated carbocycles. The van der Waals surface area contributed by atoms with Crippen LogP contribution in [0, 0.1) is 5.82 Å². The van der Waals surface area contributed by atoms with Crippen LogP contribution in [0.1, 0.15) is 42.4 Å². The van der Waals surface area contributed by atoms with E-state index in [9.17, 15) is 9.18 Å². The van der Waals surface area contributed by atoms with Gasteiger partial charge in [0.25, 0.3) is 0 Å². The van der Waals surface area contributed by atoms with E-state index in [0.29, 0.717) is 22.7 Å². The van der Waals surface area contributed by atoms with Gasteiger partial charge in [0.05, 0.1) is 12.6 Å². The standard InChI is InChI=1S/C18H19FN4O2S.CH4/c1-18(5-8-26-17(20)23-18)12-9-11(3-4-13(12)19)10-14(24)15-16(25-2)22-7-6-21-15;/h3-4,6-7,9H,5,8,10H2,1-2H3,(H2,20,23);1H4/t18-;/m0./s1. The smallest absolute Gasteiger partial charge is 0.243 e. The zero-order valence-electron chi connectivity index (χ0n) is 14.5. The van der Waals surface area contributed by atoms with E-state index in [4.69, 9.17) is 10.5 Å². The molecular weight excluding hydrogens is 367 g/mol. The molecule has 1 atom stereocenters. The van der Waals surface area contributed by atoms with Crippen molar-refractivity contribution >= 4 is 22.7 Å². The van der Waals surface area contributed by atoms with E-state index in [2.05, 4.69) is 15.0 Å². The van der Waals surface area contributed by atoms with Crippen molar-refractivity contribution in [2.75, 3.05) is 12.9 Å². The number of nitrogens with two attached hydrogens (primary N) is 1. The molecule has 2 N–H and O–H groups in total. The Morgan fingerprint density at radius 3 is 2.81 bits per heavy atom. The van der Waals surface area contributed by atoms with Crippen molar-refractivity contribution < 1.29 is 13.9 Å². The third kappa shape index (κ3) is 4.44. The molecule has 0 unspecified atom stereocenters. The minimum Gasteiger partial charge on any atom is -0.479 e. The molecule has 0 amide bonds. The molecule has 27 heavy (non-hydrogen) atoms. The number of halogens is 1. The number of benzene rings is 1. The van der Waals surface area contributed by atoms with Crippen LogP contribution in [-0.4, -0.2) is 33.8 Å². The van der Waals surface area contributed by atoms with Gasteiger partial charge in [-0.25, -0.2) is 14.4 Å². The summed E-state index contributed by atoms with van der Waals surface area (Å²) in [5, 5.41) is 0.448. The van der Waals surface area contributed by atoms with Gasteiger partial charge in [-0.3, -0.25) is 9.79 Å². The number of rotatable bonds is 5. The summed E-state index contributed by atoms with van der Waals surface area (Å²) in [6.07, 6.45) is 3.62. The normalized spacial score (nSPS) is 19.0. The number of ketones is 1. The number of amidine groups is 1. The number of thioether (sulfide) groups is 1. The molecule has 3 rings (SSSR count). The summed E-state index contributed by atoms with van der Waals surface area (Å²) in [5.74, 6) is 0.336. The number of carbonyl (C=O) groups is 1. The van der Waals surface area contributed by atoms with Gasteiger partial charge in [0.2, 0.25) is 5.88 Å². The topological polar surface area (TPSA) is 90.5 Å². The third-order valence-electron chi connectivity index (χ3n) is 4.29. The van der Waals surface area contributed by atoms with Gasteiger partial charge in [-0.15, -0.1) is 0 Å². The molecule has 0 radical (unpaired) electrons. The van der Waals surface area contributed by atoms with Crippen molar-refractivity contribution in [2.24, 2.45) is 10.7 Å². The largest absolute Gasteiger partial charge is 0.479 e. The summed E-state index contributed by atoms with van der Waals surface area (Å²) in [6.45, 7) is 1.86. The highest BCUT2D eigenvalue weighted by atomic mass is 32.2. The molecule has 2 heterocycles. The lowest BCUT2D eigenvalue weighted by Gasteiger charge is -2.30. The zero-order valence-corrected chi connectivity index (χ0v) is 15.3. The van der Waals surface area contributed by atoms with Crippen molar-refractivity contribution in [2.45, 2.75) is 32.7 Å². The first-order valence-electron chi connectivity index (χ1n) is 8.08. The van der Waals surface area contributed by atoms with E-state index in [1.807, 2.05) is 6.92 Å². The number of carbonyl (C=O) groups excluding carboxylic acids is 1. The Hall–Kier alpha value is -2.48. The first-order valence-corrected chi connectivity index (χ1v) is 9.07. The van der Waals surface area contributed by atoms with Crippen LogP contribution in [0.25, 0.3) is 0 Å². The van der Waals surface area contributed by atoms with E-state index in [0.717, 1.165) is 5.75 Å². The van der Waals surface area contributed by atoms with Gasteiger partial charge in [-0.05, 0) is 31.0 Å². The molecule has 0 bridgehead atoms. The molecule has 1 aliphatic heterocycles. The van der Waals surface area contributed by atoms with Gasteiger partial charge >= 0.3 is 0 Å². The van der Waals surface area contributed by atoms with Crippen LogP contribution in [0.15, 0.2) is 35.6 Å². The zero-order chi connectivity index (χ0) is 18.7.